The molecule has 0 spiro atoms. The summed E-state index contributed by atoms with van der Waals surface area (Å²) in [6, 6.07) is 0.725. The molecule has 0 aliphatic carbocycles. The van der Waals surface area contributed by atoms with E-state index in [9.17, 15) is 9.59 Å². The Morgan fingerprint density at radius 1 is 1.38 bits per heavy atom. The molecule has 0 aliphatic heterocycles. The Bertz CT molecular complexity index is 311. The molecule has 0 saturated heterocycles. The van der Waals surface area contributed by atoms with Crippen LogP contribution in [0.1, 0.15) is 13.8 Å². The van der Waals surface area contributed by atoms with Crippen LogP contribution < -0.4 is 0 Å². The number of hydrogen-bond donors (Lipinski definition) is 1. The van der Waals surface area contributed by atoms with Crippen LogP contribution in [-0.2, 0) is 4.79 Å². The highest BCUT2D eigenvalue weighted by Crippen LogP contribution is 2.03. The highest BCUT2D eigenvalue weighted by atomic mass is 16.4. The summed E-state index contributed by atoms with van der Waals surface area (Å²) < 4.78 is 0. The molecule has 0 radical (unpaired) electrons. The summed E-state index contributed by atoms with van der Waals surface area (Å²) in [7, 11) is 2.97. The minimum atomic E-state index is -1.06. The van der Waals surface area contributed by atoms with Crippen molar-refractivity contribution < 1.29 is 14.7 Å². The van der Waals surface area contributed by atoms with Crippen molar-refractivity contribution in [3.05, 3.63) is 0 Å². The molecule has 0 aromatic carbocycles. The lowest BCUT2D eigenvalue weighted by Gasteiger charge is -2.28. The number of carbonyl (C=O) groups excluding carboxylic acids is 1. The topological polar surface area (TPSA) is 84.6 Å². The monoisotopic (exact) mass is 227 g/mol. The number of rotatable bonds is 4. The first-order valence-electron chi connectivity index (χ1n) is 4.91. The molecule has 0 aromatic rings. The zero-order valence-corrected chi connectivity index (χ0v) is 9.97. The normalized spacial score (nSPS) is 13.4. The van der Waals surface area contributed by atoms with Gasteiger partial charge in [-0.15, -0.1) is 0 Å². The Labute approximate surface area is 95.1 Å². The van der Waals surface area contributed by atoms with E-state index in [2.05, 4.69) is 0 Å². The smallest absolute Gasteiger partial charge is 0.326 e. The molecule has 90 valence electrons. The fourth-order valence-corrected chi connectivity index (χ4v) is 1.13. The van der Waals surface area contributed by atoms with E-state index in [0.29, 0.717) is 0 Å². The molecule has 0 rings (SSSR count). The summed E-state index contributed by atoms with van der Waals surface area (Å²) in [6.45, 7) is 3.41. The maximum atomic E-state index is 11.7. The van der Waals surface area contributed by atoms with Crippen LogP contribution in [0.3, 0.4) is 0 Å². The fourth-order valence-electron chi connectivity index (χ4n) is 1.13. The van der Waals surface area contributed by atoms with Crippen molar-refractivity contribution in [1.29, 1.82) is 5.26 Å². The number of urea groups is 1. The molecule has 6 heteroatoms. The number of nitriles is 1. The lowest BCUT2D eigenvalue weighted by molar-refractivity contribution is -0.141. The van der Waals surface area contributed by atoms with Crippen molar-refractivity contribution in [2.45, 2.75) is 19.9 Å². The number of aliphatic carboxylic acids is 1. The van der Waals surface area contributed by atoms with Gasteiger partial charge in [0.05, 0.1) is 12.0 Å². The number of amides is 2. The van der Waals surface area contributed by atoms with E-state index in [0.717, 1.165) is 4.90 Å². The van der Waals surface area contributed by atoms with Crippen molar-refractivity contribution in [2.24, 2.45) is 5.92 Å². The third-order valence-electron chi connectivity index (χ3n) is 2.33. The van der Waals surface area contributed by atoms with E-state index in [1.54, 1.807) is 14.0 Å². The lowest BCUT2D eigenvalue weighted by Crippen LogP contribution is -2.47. The van der Waals surface area contributed by atoms with Crippen LogP contribution in [0, 0.1) is 17.2 Å². The average Bonchev–Trinajstić information content (AvgIpc) is 2.25. The number of carbonyl (C=O) groups is 2. The van der Waals surface area contributed by atoms with Crippen LogP contribution in [0.4, 0.5) is 4.79 Å². The molecule has 16 heavy (non-hydrogen) atoms. The van der Waals surface area contributed by atoms with Crippen molar-refractivity contribution in [1.82, 2.24) is 9.80 Å². The molecule has 2 unspecified atom stereocenters. The van der Waals surface area contributed by atoms with Gasteiger partial charge in [0.1, 0.15) is 6.04 Å². The van der Waals surface area contributed by atoms with Crippen LogP contribution >= 0.6 is 0 Å². The fraction of sp³-hybridized carbons (Fsp3) is 0.700. The van der Waals surface area contributed by atoms with Crippen LogP contribution in [0.5, 0.6) is 0 Å². The minimum absolute atomic E-state index is 0.275. The first-order valence-corrected chi connectivity index (χ1v) is 4.91. The van der Waals surface area contributed by atoms with Gasteiger partial charge in [-0.25, -0.2) is 9.59 Å². The van der Waals surface area contributed by atoms with Crippen LogP contribution in [0.2, 0.25) is 0 Å². The second kappa shape index (κ2) is 5.95. The highest BCUT2D eigenvalue weighted by molar-refractivity contribution is 5.82. The summed E-state index contributed by atoms with van der Waals surface area (Å²) in [5.41, 5.74) is 0. The molecular weight excluding hydrogens is 210 g/mol. The second-order valence-corrected chi connectivity index (χ2v) is 3.82. The molecule has 1 N–H and O–H groups in total. The lowest BCUT2D eigenvalue weighted by atomic mass is 10.2. The van der Waals surface area contributed by atoms with Crippen LogP contribution in [-0.4, -0.2) is 53.6 Å². The van der Waals surface area contributed by atoms with Gasteiger partial charge in [0, 0.05) is 20.6 Å². The zero-order valence-electron chi connectivity index (χ0n) is 9.97. The largest absolute Gasteiger partial charge is 0.480 e. The first-order chi connectivity index (χ1) is 7.31. The molecule has 0 heterocycles. The standard InChI is InChI=1S/C10H17N3O3/c1-7(5-11)6-12(3)10(16)13(4)8(2)9(14)15/h7-8H,6H2,1-4H3,(H,14,15). The molecule has 0 bridgehead atoms. The third-order valence-corrected chi connectivity index (χ3v) is 2.33. The summed E-state index contributed by atoms with van der Waals surface area (Å²) in [6.07, 6.45) is 0. The van der Waals surface area contributed by atoms with Crippen molar-refractivity contribution in [2.75, 3.05) is 20.6 Å². The maximum Gasteiger partial charge on any atom is 0.326 e. The Morgan fingerprint density at radius 2 is 1.88 bits per heavy atom. The Morgan fingerprint density at radius 3 is 2.25 bits per heavy atom. The van der Waals surface area contributed by atoms with Crippen molar-refractivity contribution in [3.63, 3.8) is 0 Å². The van der Waals surface area contributed by atoms with Gasteiger partial charge in [0.25, 0.3) is 0 Å². The van der Waals surface area contributed by atoms with E-state index in [1.807, 2.05) is 6.07 Å². The Hall–Kier alpha value is -1.77. The zero-order chi connectivity index (χ0) is 12.9. The molecule has 0 fully saturated rings. The summed E-state index contributed by atoms with van der Waals surface area (Å²) in [5, 5.41) is 17.4. The van der Waals surface area contributed by atoms with Gasteiger partial charge in [-0.2, -0.15) is 5.26 Å². The van der Waals surface area contributed by atoms with E-state index in [1.165, 1.54) is 18.9 Å². The van der Waals surface area contributed by atoms with Gasteiger partial charge in [-0.1, -0.05) is 0 Å². The van der Waals surface area contributed by atoms with Gasteiger partial charge in [-0.3, -0.25) is 0 Å². The average molecular weight is 227 g/mol. The van der Waals surface area contributed by atoms with Crippen LogP contribution in [0.25, 0.3) is 0 Å². The third kappa shape index (κ3) is 3.77. The van der Waals surface area contributed by atoms with Gasteiger partial charge in [0.2, 0.25) is 0 Å². The summed E-state index contributed by atoms with van der Waals surface area (Å²) in [5.74, 6) is -1.33. The number of carboxylic acid groups (broad SMARTS) is 1. The summed E-state index contributed by atoms with van der Waals surface area (Å²) in [4.78, 5) is 24.9. The predicted octanol–water partition coefficient (Wildman–Crippen LogP) is 0.603. The van der Waals surface area contributed by atoms with Gasteiger partial charge >= 0.3 is 12.0 Å². The molecular formula is C10H17N3O3. The number of nitrogens with zero attached hydrogens (tertiary/aromatic N) is 3. The predicted molar refractivity (Wildman–Crippen MR) is 57.7 cm³/mol. The number of carboxylic acids is 1. The SMILES string of the molecule is CC(C#N)CN(C)C(=O)N(C)C(C)C(=O)O. The molecule has 0 saturated carbocycles. The highest BCUT2D eigenvalue weighted by Gasteiger charge is 2.24. The molecule has 6 nitrogen and oxygen atoms in total. The maximum absolute atomic E-state index is 11.7. The van der Waals surface area contributed by atoms with E-state index in [4.69, 9.17) is 10.4 Å². The van der Waals surface area contributed by atoms with Crippen molar-refractivity contribution in [3.8, 4) is 6.07 Å². The molecule has 0 aliphatic rings. The number of likely N-dealkylation sites (N-methyl/N-ethyl adjacent to an activating group) is 1. The Kier molecular flexibility index (Phi) is 5.30. The van der Waals surface area contributed by atoms with Gasteiger partial charge in [-0.05, 0) is 13.8 Å². The quantitative estimate of drug-likeness (QED) is 0.762. The second-order valence-electron chi connectivity index (χ2n) is 3.82. The van der Waals surface area contributed by atoms with Crippen molar-refractivity contribution >= 4 is 12.0 Å². The van der Waals surface area contributed by atoms with E-state index in [-0.39, 0.29) is 12.5 Å². The van der Waals surface area contributed by atoms with Gasteiger partial charge in [0.15, 0.2) is 0 Å². The molecule has 2 atom stereocenters. The molecule has 2 amide bonds. The van der Waals surface area contributed by atoms with Crippen LogP contribution in [0.15, 0.2) is 0 Å². The first kappa shape index (κ1) is 14.2. The summed E-state index contributed by atoms with van der Waals surface area (Å²) >= 11 is 0. The minimum Gasteiger partial charge on any atom is -0.480 e. The Balaban J connectivity index is 4.45. The number of hydrogen-bond acceptors (Lipinski definition) is 3. The van der Waals surface area contributed by atoms with E-state index < -0.39 is 18.0 Å². The van der Waals surface area contributed by atoms with Gasteiger partial charge < -0.3 is 14.9 Å². The van der Waals surface area contributed by atoms with E-state index >= 15 is 0 Å². The molecule has 0 aromatic heterocycles.